The van der Waals surface area contributed by atoms with E-state index in [1.54, 1.807) is 18.7 Å². The summed E-state index contributed by atoms with van der Waals surface area (Å²) in [7, 11) is 0. The molecule has 0 aliphatic carbocycles. The number of likely N-dealkylation sites (tertiary alicyclic amines) is 1. The smallest absolute Gasteiger partial charge is 0.308 e. The van der Waals surface area contributed by atoms with Crippen molar-refractivity contribution in [3.8, 4) is 0 Å². The Balaban J connectivity index is 1.87. The van der Waals surface area contributed by atoms with Crippen LogP contribution in [0.1, 0.15) is 33.4 Å². The molecule has 0 saturated carbocycles. The Bertz CT molecular complexity index is 776. The van der Waals surface area contributed by atoms with Gasteiger partial charge in [-0.1, -0.05) is 30.3 Å². The molecule has 2 heterocycles. The van der Waals surface area contributed by atoms with E-state index >= 15 is 0 Å². The molecule has 2 atom stereocenters. The number of carbonyl (C=O) groups is 2. The van der Waals surface area contributed by atoms with E-state index in [0.717, 1.165) is 5.56 Å². The van der Waals surface area contributed by atoms with Crippen LogP contribution in [-0.4, -0.2) is 44.9 Å². The molecule has 1 aliphatic heterocycles. The molecule has 1 aliphatic rings. The summed E-state index contributed by atoms with van der Waals surface area (Å²) in [5, 5.41) is 9.54. The van der Waals surface area contributed by atoms with Gasteiger partial charge in [-0.05, 0) is 19.4 Å². The van der Waals surface area contributed by atoms with Crippen molar-refractivity contribution >= 4 is 11.9 Å². The molecule has 0 radical (unpaired) electrons. The van der Waals surface area contributed by atoms with Gasteiger partial charge in [-0.25, -0.2) is 9.97 Å². The van der Waals surface area contributed by atoms with Crippen LogP contribution < -0.4 is 0 Å². The van der Waals surface area contributed by atoms with E-state index in [1.807, 2.05) is 30.3 Å². The number of rotatable bonds is 3. The lowest BCUT2D eigenvalue weighted by atomic mass is 9.89. The number of benzene rings is 1. The molecule has 0 bridgehead atoms. The van der Waals surface area contributed by atoms with Crippen molar-refractivity contribution in [2.45, 2.75) is 19.8 Å². The minimum atomic E-state index is -0.879. The van der Waals surface area contributed by atoms with Crippen LogP contribution in [0.5, 0.6) is 0 Å². The quantitative estimate of drug-likeness (QED) is 0.933. The lowest BCUT2D eigenvalue weighted by Gasteiger charge is -2.17. The molecular formula is C18H19N3O3. The summed E-state index contributed by atoms with van der Waals surface area (Å²) in [5.41, 5.74) is 1.98. The van der Waals surface area contributed by atoms with Gasteiger partial charge in [0.25, 0.3) is 5.91 Å². The van der Waals surface area contributed by atoms with Gasteiger partial charge in [-0.3, -0.25) is 9.59 Å². The first-order chi connectivity index (χ1) is 11.5. The summed E-state index contributed by atoms with van der Waals surface area (Å²) in [6.45, 7) is 4.11. The summed E-state index contributed by atoms with van der Waals surface area (Å²) >= 11 is 0. The Morgan fingerprint density at radius 1 is 1.17 bits per heavy atom. The summed E-state index contributed by atoms with van der Waals surface area (Å²) in [6.07, 6.45) is 1.52. The molecule has 3 rings (SSSR count). The third kappa shape index (κ3) is 2.99. The highest BCUT2D eigenvalue weighted by Gasteiger charge is 2.40. The number of carboxylic acid groups (broad SMARTS) is 1. The number of nitrogens with zero attached hydrogens (tertiary/aromatic N) is 3. The predicted octanol–water partition coefficient (Wildman–Crippen LogP) is 2.03. The minimum absolute atomic E-state index is 0.195. The summed E-state index contributed by atoms with van der Waals surface area (Å²) < 4.78 is 0. The Kier molecular flexibility index (Phi) is 4.29. The molecule has 1 N–H and O–H groups in total. The zero-order valence-corrected chi connectivity index (χ0v) is 13.6. The van der Waals surface area contributed by atoms with Crippen LogP contribution in [0.4, 0.5) is 0 Å². The first-order valence-electron chi connectivity index (χ1n) is 7.84. The molecule has 0 spiro atoms. The highest BCUT2D eigenvalue weighted by Crippen LogP contribution is 2.33. The molecule has 1 saturated heterocycles. The molecule has 1 aromatic heterocycles. The van der Waals surface area contributed by atoms with Gasteiger partial charge in [0.15, 0.2) is 0 Å². The Labute approximate surface area is 140 Å². The molecule has 6 nitrogen and oxygen atoms in total. The Morgan fingerprint density at radius 2 is 1.88 bits per heavy atom. The van der Waals surface area contributed by atoms with Gasteiger partial charge in [-0.15, -0.1) is 0 Å². The normalized spacial score (nSPS) is 20.2. The lowest BCUT2D eigenvalue weighted by molar-refractivity contribution is -0.141. The van der Waals surface area contributed by atoms with Crippen LogP contribution in [0.25, 0.3) is 0 Å². The second kappa shape index (κ2) is 6.39. The number of aryl methyl sites for hydroxylation is 2. The van der Waals surface area contributed by atoms with Crippen molar-refractivity contribution < 1.29 is 14.7 Å². The van der Waals surface area contributed by atoms with Crippen molar-refractivity contribution in [1.82, 2.24) is 14.9 Å². The summed E-state index contributed by atoms with van der Waals surface area (Å²) in [5.74, 6) is -1.30. The summed E-state index contributed by atoms with van der Waals surface area (Å²) in [6, 6.07) is 9.49. The van der Waals surface area contributed by atoms with Crippen LogP contribution in [0.2, 0.25) is 0 Å². The van der Waals surface area contributed by atoms with E-state index in [2.05, 4.69) is 9.97 Å². The first kappa shape index (κ1) is 16.1. The fourth-order valence-corrected chi connectivity index (χ4v) is 3.22. The first-order valence-corrected chi connectivity index (χ1v) is 7.84. The largest absolute Gasteiger partial charge is 0.481 e. The van der Waals surface area contributed by atoms with E-state index in [9.17, 15) is 14.7 Å². The van der Waals surface area contributed by atoms with E-state index < -0.39 is 11.9 Å². The molecule has 1 amide bonds. The molecule has 1 aromatic carbocycles. The number of aliphatic carboxylic acids is 1. The van der Waals surface area contributed by atoms with Crippen LogP contribution in [0, 0.1) is 19.8 Å². The zero-order chi connectivity index (χ0) is 17.3. The maximum absolute atomic E-state index is 12.8. The molecule has 2 aromatic rings. The average molecular weight is 325 g/mol. The van der Waals surface area contributed by atoms with Crippen molar-refractivity contribution in [3.63, 3.8) is 0 Å². The molecule has 1 fully saturated rings. The van der Waals surface area contributed by atoms with E-state index in [0.29, 0.717) is 23.6 Å². The highest BCUT2D eigenvalue weighted by molar-refractivity contribution is 5.95. The van der Waals surface area contributed by atoms with E-state index in [4.69, 9.17) is 0 Å². The molecule has 124 valence electrons. The second-order valence-electron chi connectivity index (χ2n) is 6.09. The fraction of sp³-hybridized carbons (Fsp3) is 0.333. The number of hydrogen-bond acceptors (Lipinski definition) is 4. The zero-order valence-electron chi connectivity index (χ0n) is 13.6. The monoisotopic (exact) mass is 325 g/mol. The molecule has 0 unspecified atom stereocenters. The number of amides is 1. The maximum Gasteiger partial charge on any atom is 0.308 e. The molecular weight excluding hydrogens is 306 g/mol. The Morgan fingerprint density at radius 3 is 2.50 bits per heavy atom. The van der Waals surface area contributed by atoms with Gasteiger partial charge in [0.05, 0.1) is 17.2 Å². The fourth-order valence-electron chi connectivity index (χ4n) is 3.22. The SMILES string of the molecule is Cc1ncc(C(=O)N2C[C@@H](C(=O)O)[C@H](c3ccccc3)C2)c(C)n1. The van der Waals surface area contributed by atoms with Gasteiger partial charge >= 0.3 is 5.97 Å². The number of carbonyl (C=O) groups excluding carboxylic acids is 1. The second-order valence-corrected chi connectivity index (χ2v) is 6.09. The van der Waals surface area contributed by atoms with E-state index in [1.165, 1.54) is 6.20 Å². The van der Waals surface area contributed by atoms with Gasteiger partial charge in [0.1, 0.15) is 5.82 Å². The number of aromatic nitrogens is 2. The average Bonchev–Trinajstić information content (AvgIpc) is 3.01. The third-order valence-corrected chi connectivity index (χ3v) is 4.48. The van der Waals surface area contributed by atoms with Crippen LogP contribution in [0.3, 0.4) is 0 Å². The molecule has 6 heteroatoms. The van der Waals surface area contributed by atoms with Crippen molar-refractivity contribution in [2.24, 2.45) is 5.92 Å². The van der Waals surface area contributed by atoms with Gasteiger partial charge in [0, 0.05) is 25.2 Å². The standard InChI is InChI=1S/C18H19N3O3/c1-11-14(8-19-12(2)20-11)17(22)21-9-15(16(10-21)18(23)24)13-6-4-3-5-7-13/h3-8,15-16H,9-10H2,1-2H3,(H,23,24)/t15-,16+/m0/s1. The Hall–Kier alpha value is -2.76. The highest BCUT2D eigenvalue weighted by atomic mass is 16.4. The lowest BCUT2D eigenvalue weighted by Crippen LogP contribution is -2.30. The van der Waals surface area contributed by atoms with Crippen molar-refractivity contribution in [3.05, 3.63) is 59.2 Å². The minimum Gasteiger partial charge on any atom is -0.481 e. The number of carboxylic acids is 1. The molecule has 24 heavy (non-hydrogen) atoms. The van der Waals surface area contributed by atoms with Crippen LogP contribution in [-0.2, 0) is 4.79 Å². The topological polar surface area (TPSA) is 83.4 Å². The maximum atomic E-state index is 12.8. The van der Waals surface area contributed by atoms with Crippen LogP contribution >= 0.6 is 0 Å². The van der Waals surface area contributed by atoms with Crippen molar-refractivity contribution in [1.29, 1.82) is 0 Å². The van der Waals surface area contributed by atoms with E-state index in [-0.39, 0.29) is 18.4 Å². The van der Waals surface area contributed by atoms with Gasteiger partial charge in [-0.2, -0.15) is 0 Å². The third-order valence-electron chi connectivity index (χ3n) is 4.48. The predicted molar refractivity (Wildman–Crippen MR) is 87.7 cm³/mol. The summed E-state index contributed by atoms with van der Waals surface area (Å²) in [4.78, 5) is 34.3. The van der Waals surface area contributed by atoms with Gasteiger partial charge in [0.2, 0.25) is 0 Å². The van der Waals surface area contributed by atoms with Crippen molar-refractivity contribution in [2.75, 3.05) is 13.1 Å². The van der Waals surface area contributed by atoms with Crippen LogP contribution in [0.15, 0.2) is 36.5 Å². The van der Waals surface area contributed by atoms with Gasteiger partial charge < -0.3 is 10.0 Å². The number of hydrogen-bond donors (Lipinski definition) is 1.